The van der Waals surface area contributed by atoms with Crippen LogP contribution in [0.5, 0.6) is 5.75 Å². The van der Waals surface area contributed by atoms with Gasteiger partial charge in [-0.25, -0.2) is 4.79 Å². The van der Waals surface area contributed by atoms with E-state index in [4.69, 9.17) is 16.3 Å². The van der Waals surface area contributed by atoms with Gasteiger partial charge in [-0.3, -0.25) is 4.90 Å². The number of methoxy groups -OCH3 is 1. The van der Waals surface area contributed by atoms with Crippen LogP contribution in [-0.2, 0) is 13.1 Å². The molecule has 0 radical (unpaired) electrons. The Bertz CT molecular complexity index is 1190. The first-order valence-corrected chi connectivity index (χ1v) is 13.3. The molecule has 1 N–H and O–H groups in total. The number of benzene rings is 2. The van der Waals surface area contributed by atoms with E-state index in [1.807, 2.05) is 12.1 Å². The topological polar surface area (TPSA) is 54.7 Å². The summed E-state index contributed by atoms with van der Waals surface area (Å²) >= 11 is 6.43. The van der Waals surface area contributed by atoms with Gasteiger partial charge in [0.25, 0.3) is 0 Å². The van der Waals surface area contributed by atoms with Crippen LogP contribution in [-0.4, -0.2) is 40.7 Å². The van der Waals surface area contributed by atoms with E-state index < -0.39 is 5.97 Å². The maximum atomic E-state index is 11.6. The molecular weight excluding hydrogens is 460 g/mol. The summed E-state index contributed by atoms with van der Waals surface area (Å²) < 4.78 is 7.70. The minimum atomic E-state index is -0.953. The second-order valence-corrected chi connectivity index (χ2v) is 10.7. The van der Waals surface area contributed by atoms with Crippen molar-refractivity contribution in [3.63, 3.8) is 0 Å². The first kappa shape index (κ1) is 24.2. The van der Waals surface area contributed by atoms with Gasteiger partial charge in [-0.05, 0) is 92.1 Å². The third kappa shape index (κ3) is 5.36. The minimum Gasteiger partial charge on any atom is -0.496 e. The summed E-state index contributed by atoms with van der Waals surface area (Å²) in [4.78, 5) is 14.0. The van der Waals surface area contributed by atoms with Gasteiger partial charge in [0.2, 0.25) is 0 Å². The molecule has 0 unspecified atom stereocenters. The lowest BCUT2D eigenvalue weighted by Crippen LogP contribution is -2.32. The van der Waals surface area contributed by atoms with E-state index in [0.29, 0.717) is 11.7 Å². The average molecular weight is 495 g/mol. The maximum Gasteiger partial charge on any atom is 0.339 e. The fraction of sp³-hybridized carbons (Fsp3) is 0.483. The van der Waals surface area contributed by atoms with Crippen molar-refractivity contribution in [1.82, 2.24) is 9.47 Å². The number of likely N-dealkylation sites (tertiary alicyclic amines) is 1. The quantitative estimate of drug-likeness (QED) is 0.385. The summed E-state index contributed by atoms with van der Waals surface area (Å²) in [5.74, 6) is 0.754. The van der Waals surface area contributed by atoms with Crippen molar-refractivity contribution in [2.24, 2.45) is 5.92 Å². The summed E-state index contributed by atoms with van der Waals surface area (Å²) in [6.45, 7) is 3.86. The Morgan fingerprint density at radius 2 is 1.83 bits per heavy atom. The normalized spacial score (nSPS) is 18.2. The predicted octanol–water partition coefficient (Wildman–Crippen LogP) is 6.96. The molecule has 1 saturated carbocycles. The highest BCUT2D eigenvalue weighted by molar-refractivity contribution is 6.31. The molecular formula is C29H35ClN2O3. The molecule has 1 aliphatic carbocycles. The highest BCUT2D eigenvalue weighted by atomic mass is 35.5. The molecule has 1 aliphatic heterocycles. The van der Waals surface area contributed by atoms with Gasteiger partial charge < -0.3 is 14.4 Å². The fourth-order valence-electron chi connectivity index (χ4n) is 6.10. The zero-order chi connectivity index (χ0) is 24.4. The van der Waals surface area contributed by atoms with Crippen molar-refractivity contribution in [2.75, 3.05) is 20.2 Å². The number of piperidine rings is 1. The lowest BCUT2D eigenvalue weighted by molar-refractivity contribution is 0.0693. The molecule has 0 spiro atoms. The average Bonchev–Trinajstić information content (AvgIpc) is 3.22. The summed E-state index contributed by atoms with van der Waals surface area (Å²) in [5.41, 5.74) is 3.99. The molecule has 3 aromatic rings. The zero-order valence-corrected chi connectivity index (χ0v) is 21.3. The van der Waals surface area contributed by atoms with E-state index in [-0.39, 0.29) is 5.56 Å². The molecule has 1 aromatic heterocycles. The molecule has 2 aliphatic rings. The number of halogens is 1. The molecule has 1 saturated heterocycles. The molecule has 0 atom stereocenters. The Labute approximate surface area is 212 Å². The van der Waals surface area contributed by atoms with Crippen LogP contribution in [0.15, 0.2) is 42.6 Å². The summed E-state index contributed by atoms with van der Waals surface area (Å²) in [6, 6.07) is 11.8. The van der Waals surface area contributed by atoms with Gasteiger partial charge in [0.1, 0.15) is 11.3 Å². The SMILES string of the molecule is COc1ccc(CN2CCC(c3cn(CC4CCCCC4)c4ccc(Cl)cc34)CC2)cc1C(=O)O. The largest absolute Gasteiger partial charge is 0.496 e. The van der Waals surface area contributed by atoms with Crippen LogP contribution in [0, 0.1) is 5.92 Å². The number of fused-ring (bicyclic) bond motifs is 1. The molecule has 2 aromatic carbocycles. The van der Waals surface area contributed by atoms with E-state index in [2.05, 4.69) is 27.8 Å². The van der Waals surface area contributed by atoms with Gasteiger partial charge in [-0.2, -0.15) is 0 Å². The van der Waals surface area contributed by atoms with Crippen molar-refractivity contribution >= 4 is 28.5 Å². The number of hydrogen-bond acceptors (Lipinski definition) is 3. The predicted molar refractivity (Wildman–Crippen MR) is 141 cm³/mol. The molecule has 2 heterocycles. The second kappa shape index (κ2) is 10.6. The third-order valence-electron chi connectivity index (χ3n) is 7.98. The molecule has 0 amide bonds. The maximum absolute atomic E-state index is 11.6. The number of rotatable bonds is 7. The van der Waals surface area contributed by atoms with Gasteiger partial charge in [-0.1, -0.05) is 36.9 Å². The van der Waals surface area contributed by atoms with Gasteiger partial charge in [0, 0.05) is 35.2 Å². The molecule has 35 heavy (non-hydrogen) atoms. The first-order chi connectivity index (χ1) is 17.0. The van der Waals surface area contributed by atoms with Crippen molar-refractivity contribution in [3.8, 4) is 5.75 Å². The van der Waals surface area contributed by atoms with Gasteiger partial charge in [0.15, 0.2) is 0 Å². The van der Waals surface area contributed by atoms with Gasteiger partial charge in [-0.15, -0.1) is 0 Å². The number of nitrogens with zero attached hydrogens (tertiary/aromatic N) is 2. The Balaban J connectivity index is 1.29. The van der Waals surface area contributed by atoms with Crippen LogP contribution in [0.1, 0.15) is 72.3 Å². The summed E-state index contributed by atoms with van der Waals surface area (Å²) in [6.07, 6.45) is 11.4. The van der Waals surface area contributed by atoms with Crippen molar-refractivity contribution in [1.29, 1.82) is 0 Å². The summed E-state index contributed by atoms with van der Waals surface area (Å²) in [5, 5.41) is 11.6. The van der Waals surface area contributed by atoms with E-state index in [1.54, 1.807) is 12.1 Å². The van der Waals surface area contributed by atoms with Crippen molar-refractivity contribution in [2.45, 2.75) is 64.0 Å². The van der Waals surface area contributed by atoms with Gasteiger partial charge in [0.05, 0.1) is 7.11 Å². The molecule has 0 bridgehead atoms. The summed E-state index contributed by atoms with van der Waals surface area (Å²) in [7, 11) is 1.51. The second-order valence-electron chi connectivity index (χ2n) is 10.3. The smallest absolute Gasteiger partial charge is 0.339 e. The van der Waals surface area contributed by atoms with Gasteiger partial charge >= 0.3 is 5.97 Å². The van der Waals surface area contributed by atoms with Crippen LogP contribution in [0.2, 0.25) is 5.02 Å². The Morgan fingerprint density at radius 3 is 2.54 bits per heavy atom. The van der Waals surface area contributed by atoms with Crippen LogP contribution in [0.3, 0.4) is 0 Å². The lowest BCUT2D eigenvalue weighted by Gasteiger charge is -2.32. The van der Waals surface area contributed by atoms with E-state index in [9.17, 15) is 9.90 Å². The minimum absolute atomic E-state index is 0.225. The number of carboxylic acid groups (broad SMARTS) is 1. The van der Waals surface area contributed by atoms with E-state index >= 15 is 0 Å². The lowest BCUT2D eigenvalue weighted by atomic mass is 9.89. The molecule has 2 fully saturated rings. The standard InChI is InChI=1S/C29H35ClN2O3/c1-35-28-10-7-21(15-25(28)29(33)34)17-31-13-11-22(12-14-31)26-19-32(18-20-5-3-2-4-6-20)27-9-8-23(30)16-24(26)27/h7-10,15-16,19-20,22H,2-6,11-14,17-18H2,1H3,(H,33,34). The van der Waals surface area contributed by atoms with Crippen LogP contribution in [0.4, 0.5) is 0 Å². The number of carbonyl (C=O) groups is 1. The van der Waals surface area contributed by atoms with Crippen molar-refractivity contribution < 1.29 is 14.6 Å². The van der Waals surface area contributed by atoms with Crippen molar-refractivity contribution in [3.05, 3.63) is 64.3 Å². The number of carboxylic acids is 1. The highest BCUT2D eigenvalue weighted by Gasteiger charge is 2.25. The number of aromatic nitrogens is 1. The number of aromatic carboxylic acids is 1. The fourth-order valence-corrected chi connectivity index (χ4v) is 6.27. The monoisotopic (exact) mass is 494 g/mol. The molecule has 5 nitrogen and oxygen atoms in total. The van der Waals surface area contributed by atoms with E-state index in [0.717, 1.165) is 55.5 Å². The third-order valence-corrected chi connectivity index (χ3v) is 8.22. The number of ether oxygens (including phenoxy) is 1. The van der Waals surface area contributed by atoms with Crippen LogP contribution < -0.4 is 4.74 Å². The van der Waals surface area contributed by atoms with Crippen LogP contribution >= 0.6 is 11.6 Å². The number of hydrogen-bond donors (Lipinski definition) is 1. The first-order valence-electron chi connectivity index (χ1n) is 12.9. The molecule has 5 rings (SSSR count). The Hall–Kier alpha value is -2.50. The highest BCUT2D eigenvalue weighted by Crippen LogP contribution is 2.37. The molecule has 6 heteroatoms. The zero-order valence-electron chi connectivity index (χ0n) is 20.5. The van der Waals surface area contributed by atoms with Crippen LogP contribution in [0.25, 0.3) is 10.9 Å². The Morgan fingerprint density at radius 1 is 1.06 bits per heavy atom. The Kier molecular flexibility index (Phi) is 7.35. The van der Waals surface area contributed by atoms with E-state index in [1.165, 1.54) is 55.7 Å². The molecule has 186 valence electrons.